The van der Waals surface area contributed by atoms with E-state index in [1.807, 2.05) is 6.07 Å². The Morgan fingerprint density at radius 2 is 1.87 bits per heavy atom. The van der Waals surface area contributed by atoms with E-state index in [9.17, 15) is 23.2 Å². The summed E-state index contributed by atoms with van der Waals surface area (Å²) < 4.78 is 47.8. The number of ether oxygens (including phenoxy) is 2. The van der Waals surface area contributed by atoms with Crippen molar-refractivity contribution in [2.75, 3.05) is 6.54 Å². The molecule has 1 aliphatic rings. The SMILES string of the molecule is O=C(NC[C@@H]1Cc2cc(-c3cccc(OC(F)(F)F)c3)ccc2O1)c1cc[n+]([O-])cc1. The van der Waals surface area contributed by atoms with Crippen molar-refractivity contribution in [3.8, 4) is 22.6 Å². The number of halogens is 3. The van der Waals surface area contributed by atoms with Crippen LogP contribution in [-0.4, -0.2) is 24.9 Å². The van der Waals surface area contributed by atoms with Crippen LogP contribution in [0.1, 0.15) is 15.9 Å². The van der Waals surface area contributed by atoms with Crippen molar-refractivity contribution in [3.63, 3.8) is 0 Å². The van der Waals surface area contributed by atoms with E-state index in [-0.39, 0.29) is 24.3 Å². The Morgan fingerprint density at radius 3 is 2.61 bits per heavy atom. The molecule has 3 aromatic rings. The molecule has 0 fully saturated rings. The molecule has 0 aliphatic carbocycles. The fourth-order valence-electron chi connectivity index (χ4n) is 3.36. The van der Waals surface area contributed by atoms with E-state index >= 15 is 0 Å². The van der Waals surface area contributed by atoms with Gasteiger partial charge in [-0.3, -0.25) is 4.79 Å². The number of carbonyl (C=O) groups excluding carboxylic acids is 1. The zero-order valence-electron chi connectivity index (χ0n) is 16.1. The van der Waals surface area contributed by atoms with E-state index in [2.05, 4.69) is 10.1 Å². The largest absolute Gasteiger partial charge is 0.619 e. The highest BCUT2D eigenvalue weighted by atomic mass is 19.4. The van der Waals surface area contributed by atoms with Crippen LogP contribution in [0.3, 0.4) is 0 Å². The average molecular weight is 430 g/mol. The van der Waals surface area contributed by atoms with Crippen LogP contribution in [0.15, 0.2) is 67.0 Å². The predicted molar refractivity (Wildman–Crippen MR) is 104 cm³/mol. The summed E-state index contributed by atoms with van der Waals surface area (Å²) in [6, 6.07) is 14.0. The first-order chi connectivity index (χ1) is 14.8. The monoisotopic (exact) mass is 430 g/mol. The molecule has 1 atom stereocenters. The molecule has 0 spiro atoms. The van der Waals surface area contributed by atoms with Gasteiger partial charge in [0.15, 0.2) is 12.4 Å². The molecule has 9 heteroatoms. The van der Waals surface area contributed by atoms with Crippen LogP contribution in [0, 0.1) is 5.21 Å². The lowest BCUT2D eigenvalue weighted by atomic mass is 10.0. The minimum Gasteiger partial charge on any atom is -0.619 e. The molecule has 6 nitrogen and oxygen atoms in total. The molecule has 0 saturated heterocycles. The Hall–Kier alpha value is -3.75. The van der Waals surface area contributed by atoms with Crippen LogP contribution in [0.25, 0.3) is 11.1 Å². The maximum atomic E-state index is 12.5. The normalized spacial score (nSPS) is 15.1. The molecule has 31 heavy (non-hydrogen) atoms. The molecule has 0 radical (unpaired) electrons. The maximum Gasteiger partial charge on any atom is 0.573 e. The van der Waals surface area contributed by atoms with Crippen LogP contribution < -0.4 is 19.5 Å². The Kier molecular flexibility index (Phi) is 5.41. The Bertz CT molecular complexity index is 1100. The standard InChI is InChI=1S/C22H17F3N2O4/c23-22(24,25)31-18-3-1-2-15(11-18)16-4-5-20-17(10-16)12-19(30-20)13-26-21(28)14-6-8-27(29)9-7-14/h1-11,19H,12-13H2,(H,26,28)/t19-/m0/s1. The molecule has 1 amide bonds. The number of alkyl halides is 3. The number of fused-ring (bicyclic) bond motifs is 1. The van der Waals surface area contributed by atoms with E-state index in [1.165, 1.54) is 42.7 Å². The highest BCUT2D eigenvalue weighted by Gasteiger charge is 2.31. The molecule has 2 heterocycles. The number of aromatic nitrogens is 1. The van der Waals surface area contributed by atoms with Crippen LogP contribution in [-0.2, 0) is 6.42 Å². The number of pyridine rings is 1. The number of nitrogens with one attached hydrogen (secondary N) is 1. The van der Waals surface area contributed by atoms with Crippen molar-refractivity contribution in [1.29, 1.82) is 0 Å². The summed E-state index contributed by atoms with van der Waals surface area (Å²) in [6.45, 7) is 0.268. The lowest BCUT2D eigenvalue weighted by molar-refractivity contribution is -0.605. The molecule has 1 aliphatic heterocycles. The molecular weight excluding hydrogens is 413 g/mol. The van der Waals surface area contributed by atoms with Crippen LogP contribution in [0.2, 0.25) is 0 Å². The minimum absolute atomic E-state index is 0.268. The zero-order valence-corrected chi connectivity index (χ0v) is 16.1. The van der Waals surface area contributed by atoms with Gasteiger partial charge in [0.2, 0.25) is 0 Å². The van der Waals surface area contributed by atoms with Crippen LogP contribution in [0.4, 0.5) is 13.2 Å². The van der Waals surface area contributed by atoms with Gasteiger partial charge in [0.1, 0.15) is 17.6 Å². The minimum atomic E-state index is -4.75. The molecule has 0 unspecified atom stereocenters. The molecule has 160 valence electrons. The smallest absolute Gasteiger partial charge is 0.573 e. The molecule has 2 aromatic carbocycles. The van der Waals surface area contributed by atoms with Gasteiger partial charge in [-0.1, -0.05) is 18.2 Å². The Labute approximate surface area is 175 Å². The first kappa shape index (κ1) is 20.5. The van der Waals surface area contributed by atoms with Crippen molar-refractivity contribution in [3.05, 3.63) is 83.3 Å². The zero-order chi connectivity index (χ0) is 22.0. The van der Waals surface area contributed by atoms with E-state index in [1.54, 1.807) is 18.2 Å². The quantitative estimate of drug-likeness (QED) is 0.496. The number of rotatable bonds is 5. The van der Waals surface area contributed by atoms with Crippen LogP contribution in [0.5, 0.6) is 11.5 Å². The summed E-state index contributed by atoms with van der Waals surface area (Å²) >= 11 is 0. The lowest BCUT2D eigenvalue weighted by Gasteiger charge is -2.12. The number of amides is 1. The van der Waals surface area contributed by atoms with Gasteiger partial charge < -0.3 is 20.0 Å². The Morgan fingerprint density at radius 1 is 1.13 bits per heavy atom. The molecule has 0 bridgehead atoms. The second-order valence-corrected chi connectivity index (χ2v) is 7.00. The summed E-state index contributed by atoms with van der Waals surface area (Å²) in [4.78, 5) is 12.2. The van der Waals surface area contributed by atoms with Crippen molar-refractivity contribution in [1.82, 2.24) is 5.32 Å². The molecule has 1 aromatic heterocycles. The fourth-order valence-corrected chi connectivity index (χ4v) is 3.36. The fraction of sp³-hybridized carbons (Fsp3) is 0.182. The molecular formula is C22H17F3N2O4. The third-order valence-electron chi connectivity index (χ3n) is 4.76. The number of carbonyl (C=O) groups is 1. The summed E-state index contributed by atoms with van der Waals surface area (Å²) in [5.74, 6) is 0.0610. The van der Waals surface area contributed by atoms with Gasteiger partial charge in [0.25, 0.3) is 5.91 Å². The van der Waals surface area contributed by atoms with Crippen molar-refractivity contribution >= 4 is 5.91 Å². The second-order valence-electron chi connectivity index (χ2n) is 7.00. The van der Waals surface area contributed by atoms with E-state index in [4.69, 9.17) is 4.74 Å². The maximum absolute atomic E-state index is 12.5. The number of hydrogen-bond donors (Lipinski definition) is 1. The first-order valence-electron chi connectivity index (χ1n) is 9.40. The van der Waals surface area contributed by atoms with Crippen molar-refractivity contribution < 1.29 is 32.2 Å². The summed E-state index contributed by atoms with van der Waals surface area (Å²) in [5, 5.41) is 13.8. The van der Waals surface area contributed by atoms with Gasteiger partial charge >= 0.3 is 6.36 Å². The highest BCUT2D eigenvalue weighted by Crippen LogP contribution is 2.34. The highest BCUT2D eigenvalue weighted by molar-refractivity contribution is 5.93. The van der Waals surface area contributed by atoms with Gasteiger partial charge in [-0.15, -0.1) is 13.2 Å². The third kappa shape index (κ3) is 5.06. The second kappa shape index (κ2) is 8.17. The lowest BCUT2D eigenvalue weighted by Crippen LogP contribution is -2.35. The molecule has 0 saturated carbocycles. The van der Waals surface area contributed by atoms with Gasteiger partial charge in [-0.05, 0) is 41.0 Å². The number of hydrogen-bond acceptors (Lipinski definition) is 4. The van der Waals surface area contributed by atoms with Crippen molar-refractivity contribution in [2.45, 2.75) is 18.9 Å². The summed E-state index contributed by atoms with van der Waals surface area (Å²) in [5.41, 5.74) is 2.58. The van der Waals surface area contributed by atoms with E-state index in [0.29, 0.717) is 28.0 Å². The molecule has 1 N–H and O–H groups in total. The van der Waals surface area contributed by atoms with Crippen molar-refractivity contribution in [2.24, 2.45) is 0 Å². The molecule has 4 rings (SSSR count). The van der Waals surface area contributed by atoms with Gasteiger partial charge in [-0.25, -0.2) is 0 Å². The van der Waals surface area contributed by atoms with Gasteiger partial charge in [0, 0.05) is 18.6 Å². The number of benzene rings is 2. The van der Waals surface area contributed by atoms with Gasteiger partial charge in [-0.2, -0.15) is 4.73 Å². The van der Waals surface area contributed by atoms with E-state index in [0.717, 1.165) is 11.1 Å². The third-order valence-corrected chi connectivity index (χ3v) is 4.76. The van der Waals surface area contributed by atoms with E-state index < -0.39 is 6.36 Å². The van der Waals surface area contributed by atoms with Gasteiger partial charge in [0.05, 0.1) is 12.1 Å². The number of nitrogens with zero attached hydrogens (tertiary/aromatic N) is 1. The van der Waals surface area contributed by atoms with Crippen LogP contribution >= 0.6 is 0 Å². The topological polar surface area (TPSA) is 74.5 Å². The Balaban J connectivity index is 1.41. The summed E-state index contributed by atoms with van der Waals surface area (Å²) in [7, 11) is 0. The summed E-state index contributed by atoms with van der Waals surface area (Å²) in [6.07, 6.45) is -2.00. The first-order valence-corrected chi connectivity index (χ1v) is 9.40. The average Bonchev–Trinajstić information content (AvgIpc) is 3.13. The predicted octanol–water partition coefficient (Wildman–Crippen LogP) is 3.62.